The summed E-state index contributed by atoms with van der Waals surface area (Å²) in [6, 6.07) is 0.469. The molecule has 2 aliphatic carbocycles. The van der Waals surface area contributed by atoms with Crippen molar-refractivity contribution in [3.63, 3.8) is 0 Å². The zero-order valence-electron chi connectivity index (χ0n) is 18.1. The topological polar surface area (TPSA) is 96.2 Å². The molecule has 1 heterocycles. The predicted octanol–water partition coefficient (Wildman–Crippen LogP) is 2.10. The molecular weight excluding hydrogens is 481 g/mol. The van der Waals surface area contributed by atoms with E-state index in [9.17, 15) is 4.79 Å². The van der Waals surface area contributed by atoms with Crippen LogP contribution in [-0.4, -0.2) is 51.3 Å². The molecule has 0 saturated heterocycles. The SMILES string of the molecule is CCc1nncn1CCNC(=NCC(=O)NC(C)(C)C)NC1CC2CCC1C2.I. The summed E-state index contributed by atoms with van der Waals surface area (Å²) in [7, 11) is 0. The van der Waals surface area contributed by atoms with Gasteiger partial charge in [0.2, 0.25) is 5.91 Å². The van der Waals surface area contributed by atoms with Gasteiger partial charge in [0.15, 0.2) is 5.96 Å². The van der Waals surface area contributed by atoms with Gasteiger partial charge >= 0.3 is 0 Å². The summed E-state index contributed by atoms with van der Waals surface area (Å²) in [4.78, 5) is 16.7. The molecule has 2 aliphatic rings. The second-order valence-electron chi connectivity index (χ2n) is 9.11. The van der Waals surface area contributed by atoms with E-state index in [1.807, 2.05) is 20.8 Å². The van der Waals surface area contributed by atoms with Crippen molar-refractivity contribution in [1.82, 2.24) is 30.7 Å². The van der Waals surface area contributed by atoms with E-state index in [1.54, 1.807) is 6.33 Å². The summed E-state index contributed by atoms with van der Waals surface area (Å²) in [5, 5.41) is 18.1. The number of rotatable bonds is 7. The number of aryl methyl sites for hydroxylation is 1. The maximum absolute atomic E-state index is 12.2. The van der Waals surface area contributed by atoms with Gasteiger partial charge in [-0.1, -0.05) is 13.3 Å². The number of fused-ring (bicyclic) bond motifs is 2. The van der Waals surface area contributed by atoms with Crippen LogP contribution in [0.4, 0.5) is 0 Å². The molecule has 2 saturated carbocycles. The normalized spacial score (nSPS) is 23.6. The minimum atomic E-state index is -0.247. The van der Waals surface area contributed by atoms with Crippen molar-refractivity contribution in [3.05, 3.63) is 12.2 Å². The molecule has 0 radical (unpaired) electrons. The Labute approximate surface area is 191 Å². The van der Waals surface area contributed by atoms with Gasteiger partial charge in [0, 0.05) is 31.1 Å². The van der Waals surface area contributed by atoms with Crippen LogP contribution in [0.2, 0.25) is 0 Å². The minimum Gasteiger partial charge on any atom is -0.355 e. The number of hydrogen-bond acceptors (Lipinski definition) is 4. The fourth-order valence-corrected chi connectivity index (χ4v) is 4.39. The summed E-state index contributed by atoms with van der Waals surface area (Å²) in [5.41, 5.74) is -0.247. The van der Waals surface area contributed by atoms with Gasteiger partial charge in [-0.25, -0.2) is 4.99 Å². The lowest BCUT2D eigenvalue weighted by Gasteiger charge is -2.25. The Hall–Kier alpha value is -1.39. The first-order valence-corrected chi connectivity index (χ1v) is 10.6. The van der Waals surface area contributed by atoms with Crippen molar-refractivity contribution in [2.24, 2.45) is 16.8 Å². The number of guanidine groups is 1. The Morgan fingerprint density at radius 2 is 2.10 bits per heavy atom. The van der Waals surface area contributed by atoms with E-state index in [1.165, 1.54) is 25.7 Å². The number of hydrogen-bond donors (Lipinski definition) is 3. The quantitative estimate of drug-likeness (QED) is 0.293. The van der Waals surface area contributed by atoms with Crippen molar-refractivity contribution in [3.8, 4) is 0 Å². The number of nitrogens with one attached hydrogen (secondary N) is 3. The number of carbonyl (C=O) groups is 1. The monoisotopic (exact) mass is 517 g/mol. The second kappa shape index (κ2) is 10.6. The molecule has 3 atom stereocenters. The van der Waals surface area contributed by atoms with Crippen LogP contribution < -0.4 is 16.0 Å². The molecule has 0 aliphatic heterocycles. The van der Waals surface area contributed by atoms with Crippen LogP contribution in [0.5, 0.6) is 0 Å². The van der Waals surface area contributed by atoms with E-state index in [2.05, 4.69) is 42.6 Å². The molecule has 3 unspecified atom stereocenters. The highest BCUT2D eigenvalue weighted by Gasteiger charge is 2.39. The fraction of sp³-hybridized carbons (Fsp3) is 0.800. The van der Waals surface area contributed by atoms with Crippen LogP contribution in [0.3, 0.4) is 0 Å². The number of carbonyl (C=O) groups excluding carboxylic acids is 1. The molecule has 9 heteroatoms. The summed E-state index contributed by atoms with van der Waals surface area (Å²) < 4.78 is 2.05. The van der Waals surface area contributed by atoms with Gasteiger partial charge in [0.1, 0.15) is 18.7 Å². The van der Waals surface area contributed by atoms with Crippen LogP contribution in [0.1, 0.15) is 59.2 Å². The standard InChI is InChI=1S/C20H35N7O.HI/c1-5-17-26-23-13-27(17)9-8-21-19(22-12-18(28)25-20(2,3)4)24-16-11-14-6-7-15(16)10-14;/h13-16H,5-12H2,1-4H3,(H,25,28)(H2,21,22,24);1H. The minimum absolute atomic E-state index is 0. The molecule has 3 N–H and O–H groups in total. The van der Waals surface area contributed by atoms with Gasteiger partial charge in [0.05, 0.1) is 0 Å². The molecule has 8 nitrogen and oxygen atoms in total. The lowest BCUT2D eigenvalue weighted by molar-refractivity contribution is -0.121. The predicted molar refractivity (Wildman–Crippen MR) is 125 cm³/mol. The Balaban J connectivity index is 0.00000300. The number of aliphatic imine (C=N–C) groups is 1. The highest BCUT2D eigenvalue weighted by atomic mass is 127. The number of nitrogens with zero attached hydrogens (tertiary/aromatic N) is 4. The lowest BCUT2D eigenvalue weighted by atomic mass is 9.95. The molecule has 29 heavy (non-hydrogen) atoms. The average molecular weight is 517 g/mol. The van der Waals surface area contributed by atoms with E-state index in [0.29, 0.717) is 12.6 Å². The number of aromatic nitrogens is 3. The maximum atomic E-state index is 12.2. The van der Waals surface area contributed by atoms with Crippen LogP contribution in [0.15, 0.2) is 11.3 Å². The molecule has 0 spiro atoms. The smallest absolute Gasteiger partial charge is 0.242 e. The van der Waals surface area contributed by atoms with Gasteiger partial charge < -0.3 is 20.5 Å². The third-order valence-corrected chi connectivity index (χ3v) is 5.61. The van der Waals surface area contributed by atoms with E-state index < -0.39 is 0 Å². The summed E-state index contributed by atoms with van der Waals surface area (Å²) in [5.74, 6) is 3.24. The van der Waals surface area contributed by atoms with Gasteiger partial charge in [-0.15, -0.1) is 34.2 Å². The highest BCUT2D eigenvalue weighted by Crippen LogP contribution is 2.44. The van der Waals surface area contributed by atoms with Crippen molar-refractivity contribution in [2.45, 2.75) is 77.9 Å². The molecule has 1 aromatic rings. The van der Waals surface area contributed by atoms with Crippen LogP contribution >= 0.6 is 24.0 Å². The average Bonchev–Trinajstić information content (AvgIpc) is 3.34. The molecule has 1 aromatic heterocycles. The van der Waals surface area contributed by atoms with Crippen molar-refractivity contribution < 1.29 is 4.79 Å². The fourth-order valence-electron chi connectivity index (χ4n) is 4.39. The Kier molecular flexibility index (Phi) is 8.72. The highest BCUT2D eigenvalue weighted by molar-refractivity contribution is 14.0. The summed E-state index contributed by atoms with van der Waals surface area (Å²) >= 11 is 0. The zero-order valence-corrected chi connectivity index (χ0v) is 20.4. The molecule has 1 amide bonds. The number of amides is 1. The molecule has 3 rings (SSSR count). The van der Waals surface area contributed by atoms with Crippen LogP contribution in [0, 0.1) is 11.8 Å². The third-order valence-electron chi connectivity index (χ3n) is 5.61. The summed E-state index contributed by atoms with van der Waals surface area (Å²) in [6.45, 7) is 9.61. The van der Waals surface area contributed by atoms with E-state index in [0.717, 1.165) is 36.6 Å². The van der Waals surface area contributed by atoms with E-state index >= 15 is 0 Å². The second-order valence-corrected chi connectivity index (χ2v) is 9.11. The summed E-state index contributed by atoms with van der Waals surface area (Å²) in [6.07, 6.45) is 7.83. The van der Waals surface area contributed by atoms with Crippen molar-refractivity contribution >= 4 is 35.8 Å². The Morgan fingerprint density at radius 3 is 2.72 bits per heavy atom. The van der Waals surface area contributed by atoms with Crippen LogP contribution in [0.25, 0.3) is 0 Å². The van der Waals surface area contributed by atoms with E-state index in [4.69, 9.17) is 0 Å². The molecule has 0 aromatic carbocycles. The van der Waals surface area contributed by atoms with Gasteiger partial charge in [-0.3, -0.25) is 4.79 Å². The van der Waals surface area contributed by atoms with Crippen molar-refractivity contribution in [2.75, 3.05) is 13.1 Å². The Bertz CT molecular complexity index is 697. The van der Waals surface area contributed by atoms with Crippen molar-refractivity contribution in [1.29, 1.82) is 0 Å². The third kappa shape index (κ3) is 7.11. The first-order chi connectivity index (χ1) is 13.3. The lowest BCUT2D eigenvalue weighted by Crippen LogP contribution is -2.47. The number of halogens is 1. The Morgan fingerprint density at radius 1 is 1.31 bits per heavy atom. The van der Waals surface area contributed by atoms with Gasteiger partial charge in [0.25, 0.3) is 0 Å². The molecule has 2 bridgehead atoms. The first-order valence-electron chi connectivity index (χ1n) is 10.6. The largest absolute Gasteiger partial charge is 0.355 e. The van der Waals surface area contributed by atoms with Gasteiger partial charge in [-0.05, 0) is 51.9 Å². The van der Waals surface area contributed by atoms with Gasteiger partial charge in [-0.2, -0.15) is 0 Å². The maximum Gasteiger partial charge on any atom is 0.242 e. The van der Waals surface area contributed by atoms with Crippen LogP contribution in [-0.2, 0) is 17.8 Å². The molecule has 2 fully saturated rings. The molecular formula is C20H36IN7O. The van der Waals surface area contributed by atoms with E-state index in [-0.39, 0.29) is 42.0 Å². The molecule has 164 valence electrons. The zero-order chi connectivity index (χ0) is 20.1. The first kappa shape index (κ1) is 23.9.